The molecular formula is C17H18ClF2N. The van der Waals surface area contributed by atoms with Gasteiger partial charge in [-0.1, -0.05) is 36.7 Å². The first-order valence-electron chi connectivity index (χ1n) is 7.03. The molecule has 0 heterocycles. The van der Waals surface area contributed by atoms with Crippen molar-refractivity contribution < 1.29 is 8.78 Å². The van der Waals surface area contributed by atoms with Gasteiger partial charge in [0.15, 0.2) is 0 Å². The first kappa shape index (κ1) is 15.9. The van der Waals surface area contributed by atoms with Crippen LogP contribution in [0.3, 0.4) is 0 Å². The third kappa shape index (κ3) is 4.51. The second-order valence-corrected chi connectivity index (χ2v) is 5.42. The second-order valence-electron chi connectivity index (χ2n) is 5.01. The first-order valence-corrected chi connectivity index (χ1v) is 7.40. The SMILES string of the molecule is CCCNC(Cc1ccc(F)cc1)c1ccc(F)c(Cl)c1. The first-order chi connectivity index (χ1) is 10.1. The molecule has 0 radical (unpaired) electrons. The molecule has 0 saturated carbocycles. The van der Waals surface area contributed by atoms with Gasteiger partial charge in [0, 0.05) is 6.04 Å². The summed E-state index contributed by atoms with van der Waals surface area (Å²) in [5.74, 6) is -0.668. The fourth-order valence-electron chi connectivity index (χ4n) is 2.21. The van der Waals surface area contributed by atoms with E-state index in [2.05, 4.69) is 12.2 Å². The predicted octanol–water partition coefficient (Wildman–Crippen LogP) is 4.90. The number of nitrogens with one attached hydrogen (secondary N) is 1. The molecule has 0 amide bonds. The minimum Gasteiger partial charge on any atom is -0.310 e. The highest BCUT2D eigenvalue weighted by molar-refractivity contribution is 6.30. The van der Waals surface area contributed by atoms with Crippen LogP contribution < -0.4 is 5.32 Å². The Morgan fingerprint density at radius 3 is 2.43 bits per heavy atom. The lowest BCUT2D eigenvalue weighted by Gasteiger charge is -2.19. The van der Waals surface area contributed by atoms with Crippen LogP contribution in [0.5, 0.6) is 0 Å². The summed E-state index contributed by atoms with van der Waals surface area (Å²) in [5.41, 5.74) is 1.95. The average molecular weight is 310 g/mol. The minimum atomic E-state index is -0.420. The van der Waals surface area contributed by atoms with Gasteiger partial charge < -0.3 is 5.32 Å². The molecule has 1 atom stereocenters. The van der Waals surface area contributed by atoms with E-state index >= 15 is 0 Å². The van der Waals surface area contributed by atoms with Gasteiger partial charge in [-0.25, -0.2) is 8.78 Å². The standard InChI is InChI=1S/C17H18ClF2N/c1-2-9-21-17(10-12-3-6-14(19)7-4-12)13-5-8-16(20)15(18)11-13/h3-8,11,17,21H,2,9-10H2,1H3. The average Bonchev–Trinajstić information content (AvgIpc) is 2.48. The van der Waals surface area contributed by atoms with Crippen molar-refractivity contribution in [3.05, 3.63) is 70.2 Å². The lowest BCUT2D eigenvalue weighted by molar-refractivity contribution is 0.527. The molecule has 0 aliphatic carbocycles. The maximum Gasteiger partial charge on any atom is 0.141 e. The molecule has 4 heteroatoms. The zero-order valence-corrected chi connectivity index (χ0v) is 12.6. The van der Waals surface area contributed by atoms with Crippen LogP contribution in [0.25, 0.3) is 0 Å². The van der Waals surface area contributed by atoms with E-state index < -0.39 is 5.82 Å². The van der Waals surface area contributed by atoms with Crippen molar-refractivity contribution in [3.8, 4) is 0 Å². The highest BCUT2D eigenvalue weighted by atomic mass is 35.5. The smallest absolute Gasteiger partial charge is 0.141 e. The van der Waals surface area contributed by atoms with E-state index in [1.54, 1.807) is 24.3 Å². The lowest BCUT2D eigenvalue weighted by Crippen LogP contribution is -2.24. The summed E-state index contributed by atoms with van der Waals surface area (Å²) in [6.07, 6.45) is 1.69. The number of rotatable bonds is 6. The molecule has 1 nitrogen and oxygen atoms in total. The Balaban J connectivity index is 2.20. The number of benzene rings is 2. The van der Waals surface area contributed by atoms with Crippen LogP contribution in [0.4, 0.5) is 8.78 Å². The molecule has 2 aromatic rings. The number of halogens is 3. The molecule has 1 unspecified atom stereocenters. The summed E-state index contributed by atoms with van der Waals surface area (Å²) >= 11 is 5.86. The van der Waals surface area contributed by atoms with Gasteiger partial charge in [-0.15, -0.1) is 0 Å². The Hall–Kier alpha value is -1.45. The van der Waals surface area contributed by atoms with Gasteiger partial charge in [-0.05, 0) is 54.8 Å². The highest BCUT2D eigenvalue weighted by Crippen LogP contribution is 2.24. The van der Waals surface area contributed by atoms with Gasteiger partial charge in [-0.2, -0.15) is 0 Å². The molecule has 112 valence electrons. The zero-order chi connectivity index (χ0) is 15.2. The van der Waals surface area contributed by atoms with E-state index in [9.17, 15) is 8.78 Å². The second kappa shape index (κ2) is 7.53. The Morgan fingerprint density at radius 1 is 1.10 bits per heavy atom. The molecule has 0 bridgehead atoms. The lowest BCUT2D eigenvalue weighted by atomic mass is 9.98. The molecule has 0 saturated heterocycles. The van der Waals surface area contributed by atoms with Crippen LogP contribution in [-0.2, 0) is 6.42 Å². The highest BCUT2D eigenvalue weighted by Gasteiger charge is 2.13. The monoisotopic (exact) mass is 309 g/mol. The van der Waals surface area contributed by atoms with Crippen LogP contribution in [0.15, 0.2) is 42.5 Å². The summed E-state index contributed by atoms with van der Waals surface area (Å²) in [5, 5.41) is 3.54. The number of hydrogen-bond acceptors (Lipinski definition) is 1. The molecule has 21 heavy (non-hydrogen) atoms. The van der Waals surface area contributed by atoms with Crippen LogP contribution in [0.1, 0.15) is 30.5 Å². The van der Waals surface area contributed by atoms with Crippen molar-refractivity contribution >= 4 is 11.6 Å². The Bertz CT molecular complexity index is 584. The summed E-state index contributed by atoms with van der Waals surface area (Å²) in [7, 11) is 0. The van der Waals surface area contributed by atoms with Gasteiger partial charge in [0.25, 0.3) is 0 Å². The van der Waals surface area contributed by atoms with Gasteiger partial charge in [-0.3, -0.25) is 0 Å². The molecule has 0 aliphatic heterocycles. The molecule has 0 aliphatic rings. The summed E-state index contributed by atoms with van der Waals surface area (Å²) in [6, 6.07) is 11.2. The van der Waals surface area contributed by atoms with Gasteiger partial charge in [0.2, 0.25) is 0 Å². The van der Waals surface area contributed by atoms with Crippen molar-refractivity contribution in [1.82, 2.24) is 5.32 Å². The van der Waals surface area contributed by atoms with Crippen molar-refractivity contribution in [2.75, 3.05) is 6.54 Å². The summed E-state index contributed by atoms with van der Waals surface area (Å²) in [4.78, 5) is 0. The summed E-state index contributed by atoms with van der Waals surface area (Å²) in [6.45, 7) is 2.93. The molecule has 1 N–H and O–H groups in total. The van der Waals surface area contributed by atoms with Crippen LogP contribution >= 0.6 is 11.6 Å². The Morgan fingerprint density at radius 2 is 1.81 bits per heavy atom. The molecule has 0 fully saturated rings. The number of hydrogen-bond donors (Lipinski definition) is 1. The minimum absolute atomic E-state index is 0.0218. The molecule has 2 rings (SSSR count). The predicted molar refractivity (Wildman–Crippen MR) is 82.5 cm³/mol. The van der Waals surface area contributed by atoms with E-state index in [-0.39, 0.29) is 16.9 Å². The third-order valence-electron chi connectivity index (χ3n) is 3.34. The fraction of sp³-hybridized carbons (Fsp3) is 0.294. The normalized spacial score (nSPS) is 12.4. The van der Waals surface area contributed by atoms with Crippen molar-refractivity contribution in [1.29, 1.82) is 0 Å². The van der Waals surface area contributed by atoms with E-state index in [1.165, 1.54) is 18.2 Å². The van der Waals surface area contributed by atoms with Crippen molar-refractivity contribution in [3.63, 3.8) is 0 Å². The fourth-order valence-corrected chi connectivity index (χ4v) is 2.40. The maximum absolute atomic E-state index is 13.3. The zero-order valence-electron chi connectivity index (χ0n) is 11.9. The quantitative estimate of drug-likeness (QED) is 0.800. The maximum atomic E-state index is 13.3. The molecule has 2 aromatic carbocycles. The summed E-state index contributed by atoms with van der Waals surface area (Å²) < 4.78 is 26.3. The van der Waals surface area contributed by atoms with E-state index in [1.807, 2.05) is 0 Å². The van der Waals surface area contributed by atoms with Crippen LogP contribution in [0, 0.1) is 11.6 Å². The van der Waals surface area contributed by atoms with E-state index in [0.29, 0.717) is 6.42 Å². The van der Waals surface area contributed by atoms with Gasteiger partial charge >= 0.3 is 0 Å². The third-order valence-corrected chi connectivity index (χ3v) is 3.63. The van der Waals surface area contributed by atoms with Crippen LogP contribution in [-0.4, -0.2) is 6.54 Å². The van der Waals surface area contributed by atoms with Crippen molar-refractivity contribution in [2.45, 2.75) is 25.8 Å². The topological polar surface area (TPSA) is 12.0 Å². The molecule has 0 spiro atoms. The van der Waals surface area contributed by atoms with E-state index in [4.69, 9.17) is 11.6 Å². The Kier molecular flexibility index (Phi) is 5.71. The van der Waals surface area contributed by atoms with E-state index in [0.717, 1.165) is 24.1 Å². The van der Waals surface area contributed by atoms with Gasteiger partial charge in [0.05, 0.1) is 5.02 Å². The van der Waals surface area contributed by atoms with Gasteiger partial charge in [0.1, 0.15) is 11.6 Å². The molecular weight excluding hydrogens is 292 g/mol. The van der Waals surface area contributed by atoms with Crippen LogP contribution in [0.2, 0.25) is 5.02 Å². The molecule has 0 aromatic heterocycles. The largest absolute Gasteiger partial charge is 0.310 e. The Labute approximate surface area is 128 Å². The van der Waals surface area contributed by atoms with Crippen molar-refractivity contribution in [2.24, 2.45) is 0 Å².